The van der Waals surface area contributed by atoms with Crippen LogP contribution in [0.3, 0.4) is 0 Å². The van der Waals surface area contributed by atoms with Crippen molar-refractivity contribution in [3.05, 3.63) is 77.7 Å². The minimum atomic E-state index is -3.81. The lowest BCUT2D eigenvalue weighted by molar-refractivity contribution is -0.138. The van der Waals surface area contributed by atoms with Gasteiger partial charge in [0.1, 0.15) is 5.82 Å². The molecule has 2 atom stereocenters. The number of pyridine rings is 1. The van der Waals surface area contributed by atoms with Gasteiger partial charge in [-0.3, -0.25) is 14.3 Å². The molecule has 0 aliphatic carbocycles. The Morgan fingerprint density at radius 2 is 1.71 bits per heavy atom. The first-order valence-corrected chi connectivity index (χ1v) is 13.1. The lowest BCUT2D eigenvalue weighted by atomic mass is 9.91. The van der Waals surface area contributed by atoms with Crippen LogP contribution in [0.25, 0.3) is 22.4 Å². The molecular formula is C26H29FNO5P. The lowest BCUT2D eigenvalue weighted by Crippen LogP contribution is -2.19. The van der Waals surface area contributed by atoms with Gasteiger partial charge in [0.15, 0.2) is 0 Å². The predicted octanol–water partition coefficient (Wildman–Crippen LogP) is 5.33. The molecule has 8 heteroatoms. The molecule has 0 spiro atoms. The number of aliphatic carboxylic acids is 1. The Balaban J connectivity index is 2.04. The highest BCUT2D eigenvalue weighted by Gasteiger charge is 2.26. The van der Waals surface area contributed by atoms with E-state index in [1.165, 1.54) is 12.1 Å². The molecule has 0 aliphatic heterocycles. The Labute approximate surface area is 198 Å². The quantitative estimate of drug-likeness (QED) is 0.335. The number of benzene rings is 2. The van der Waals surface area contributed by atoms with Gasteiger partial charge in [0.2, 0.25) is 7.37 Å². The van der Waals surface area contributed by atoms with Crippen LogP contribution in [-0.4, -0.2) is 44.5 Å². The lowest BCUT2D eigenvalue weighted by Gasteiger charge is -2.21. The number of hydrogen-bond donors (Lipinski definition) is 3. The van der Waals surface area contributed by atoms with Crippen LogP contribution >= 0.6 is 7.37 Å². The van der Waals surface area contributed by atoms with Crippen LogP contribution in [0.15, 0.2) is 60.7 Å². The van der Waals surface area contributed by atoms with Gasteiger partial charge in [-0.1, -0.05) is 56.3 Å². The van der Waals surface area contributed by atoms with E-state index in [0.717, 1.165) is 33.6 Å². The van der Waals surface area contributed by atoms with Crippen molar-refractivity contribution < 1.29 is 28.9 Å². The van der Waals surface area contributed by atoms with Crippen LogP contribution in [0, 0.1) is 5.82 Å². The summed E-state index contributed by atoms with van der Waals surface area (Å²) in [7, 11) is -3.81. The average Bonchev–Trinajstić information content (AvgIpc) is 2.77. The maximum Gasteiger partial charge on any atom is 0.305 e. The third-order valence-electron chi connectivity index (χ3n) is 5.55. The first kappa shape index (κ1) is 25.8. The number of aliphatic hydroxyl groups excluding tert-OH is 1. The molecule has 0 saturated heterocycles. The molecule has 1 unspecified atom stereocenters. The van der Waals surface area contributed by atoms with Gasteiger partial charge in [0.05, 0.1) is 24.4 Å². The first-order chi connectivity index (χ1) is 16.1. The molecule has 0 aliphatic rings. The maximum atomic E-state index is 13.6. The van der Waals surface area contributed by atoms with Crippen LogP contribution in [-0.2, 0) is 15.8 Å². The van der Waals surface area contributed by atoms with E-state index in [4.69, 9.17) is 10.1 Å². The van der Waals surface area contributed by atoms with Gasteiger partial charge in [0, 0.05) is 17.4 Å². The van der Waals surface area contributed by atoms with E-state index in [-0.39, 0.29) is 24.3 Å². The van der Waals surface area contributed by atoms with Gasteiger partial charge in [0.25, 0.3) is 0 Å². The zero-order valence-electron chi connectivity index (χ0n) is 19.2. The summed E-state index contributed by atoms with van der Waals surface area (Å²) in [6, 6.07) is 17.6. The average molecular weight is 485 g/mol. The molecule has 2 aromatic carbocycles. The van der Waals surface area contributed by atoms with E-state index in [2.05, 4.69) is 0 Å². The predicted molar refractivity (Wildman–Crippen MR) is 131 cm³/mol. The highest BCUT2D eigenvalue weighted by Crippen LogP contribution is 2.44. The summed E-state index contributed by atoms with van der Waals surface area (Å²) in [6.45, 7) is 3.98. The van der Waals surface area contributed by atoms with Crippen molar-refractivity contribution in [3.63, 3.8) is 0 Å². The van der Waals surface area contributed by atoms with Gasteiger partial charge in [-0.05, 0) is 47.2 Å². The highest BCUT2D eigenvalue weighted by atomic mass is 31.2. The number of carboxylic acid groups (broad SMARTS) is 1. The summed E-state index contributed by atoms with van der Waals surface area (Å²) in [5, 5.41) is 18.7. The number of carboxylic acids is 1. The molecule has 0 radical (unpaired) electrons. The number of rotatable bonds is 10. The summed E-state index contributed by atoms with van der Waals surface area (Å²) in [4.78, 5) is 26.1. The topological polar surface area (TPSA) is 108 Å². The van der Waals surface area contributed by atoms with Crippen LogP contribution in [0.2, 0.25) is 0 Å². The number of halogens is 1. The van der Waals surface area contributed by atoms with E-state index in [1.807, 2.05) is 50.2 Å². The number of nitrogens with zero attached hydrogens (tertiary/aromatic N) is 1. The van der Waals surface area contributed by atoms with Gasteiger partial charge in [-0.2, -0.15) is 0 Å². The second-order valence-corrected chi connectivity index (χ2v) is 11.2. The van der Waals surface area contributed by atoms with Gasteiger partial charge in [-0.25, -0.2) is 4.39 Å². The minimum Gasteiger partial charge on any atom is -0.481 e. The highest BCUT2D eigenvalue weighted by molar-refractivity contribution is 7.58. The molecule has 1 aromatic heterocycles. The van der Waals surface area contributed by atoms with Crippen molar-refractivity contribution in [2.45, 2.75) is 38.7 Å². The Morgan fingerprint density at radius 1 is 1.06 bits per heavy atom. The third kappa shape index (κ3) is 6.83. The molecule has 0 fully saturated rings. The van der Waals surface area contributed by atoms with Crippen molar-refractivity contribution in [2.24, 2.45) is 0 Å². The molecule has 0 bridgehead atoms. The van der Waals surface area contributed by atoms with Gasteiger partial charge < -0.3 is 15.1 Å². The Hall–Kier alpha value is -2.86. The summed E-state index contributed by atoms with van der Waals surface area (Å²) in [5.41, 5.74) is 4.77. The molecule has 0 saturated carbocycles. The summed E-state index contributed by atoms with van der Waals surface area (Å²) in [5.74, 6) is -1.58. The molecule has 6 nitrogen and oxygen atoms in total. The van der Waals surface area contributed by atoms with Crippen LogP contribution in [0.1, 0.15) is 37.4 Å². The smallest absolute Gasteiger partial charge is 0.305 e. The SMILES string of the molecule is CC(C)c1nc(-c2ccccc2)cc(-c2ccc(F)cc2)c1CCP(=O)(O)C[C@H](O)CC(=O)O. The van der Waals surface area contributed by atoms with Crippen molar-refractivity contribution in [2.75, 3.05) is 12.3 Å². The second kappa shape index (κ2) is 11.0. The number of carbonyl (C=O) groups is 1. The van der Waals surface area contributed by atoms with Crippen molar-refractivity contribution in [1.82, 2.24) is 4.98 Å². The summed E-state index contributed by atoms with van der Waals surface area (Å²) < 4.78 is 26.4. The monoisotopic (exact) mass is 485 g/mol. The van der Waals surface area contributed by atoms with E-state index in [1.54, 1.807) is 12.1 Å². The maximum absolute atomic E-state index is 13.6. The van der Waals surface area contributed by atoms with E-state index < -0.39 is 32.0 Å². The zero-order chi connectivity index (χ0) is 24.9. The van der Waals surface area contributed by atoms with Crippen LogP contribution in [0.4, 0.5) is 4.39 Å². The first-order valence-electron chi connectivity index (χ1n) is 11.1. The van der Waals surface area contributed by atoms with E-state index >= 15 is 0 Å². The standard InChI is InChI=1S/C26H29FNO5P/c1-17(2)26-22(12-13-34(32,33)16-21(29)14-25(30)31)23(18-8-10-20(27)11-9-18)15-24(28-26)19-6-4-3-5-7-19/h3-11,15,17,21,29H,12-14,16H2,1-2H3,(H,30,31)(H,32,33)/t21-/m1/s1. The van der Waals surface area contributed by atoms with E-state index in [9.17, 15) is 23.7 Å². The Kier molecular flexibility index (Phi) is 8.37. The normalized spacial score (nSPS) is 14.1. The molecule has 180 valence electrons. The molecule has 1 heterocycles. The molecule has 3 N–H and O–H groups in total. The van der Waals surface area contributed by atoms with Crippen molar-refractivity contribution >= 4 is 13.3 Å². The largest absolute Gasteiger partial charge is 0.481 e. The van der Waals surface area contributed by atoms with Gasteiger partial charge >= 0.3 is 5.97 Å². The summed E-state index contributed by atoms with van der Waals surface area (Å²) in [6.07, 6.45) is -2.40. The van der Waals surface area contributed by atoms with Crippen LogP contribution in [0.5, 0.6) is 0 Å². The Morgan fingerprint density at radius 3 is 2.29 bits per heavy atom. The Bertz CT molecular complexity index is 1180. The zero-order valence-corrected chi connectivity index (χ0v) is 20.1. The minimum absolute atomic E-state index is 0.00791. The molecule has 34 heavy (non-hydrogen) atoms. The van der Waals surface area contributed by atoms with Crippen molar-refractivity contribution in [1.29, 1.82) is 0 Å². The molecule has 3 rings (SSSR count). The summed E-state index contributed by atoms with van der Waals surface area (Å²) >= 11 is 0. The number of aliphatic hydroxyl groups is 1. The second-order valence-electron chi connectivity index (χ2n) is 8.70. The molecular weight excluding hydrogens is 456 g/mol. The molecule has 0 amide bonds. The van der Waals surface area contributed by atoms with Gasteiger partial charge in [-0.15, -0.1) is 0 Å². The van der Waals surface area contributed by atoms with E-state index in [0.29, 0.717) is 0 Å². The fourth-order valence-electron chi connectivity index (χ4n) is 3.95. The fraction of sp³-hybridized carbons (Fsp3) is 0.308. The number of aromatic nitrogens is 1. The number of hydrogen-bond acceptors (Lipinski definition) is 4. The van der Waals surface area contributed by atoms with Crippen molar-refractivity contribution in [3.8, 4) is 22.4 Å². The third-order valence-corrected chi connectivity index (χ3v) is 7.46. The fourth-order valence-corrected chi connectivity index (χ4v) is 5.49. The molecule has 3 aromatic rings. The van der Waals surface area contributed by atoms with Crippen LogP contribution < -0.4 is 0 Å².